The Kier molecular flexibility index (Phi) is 6.62. The first kappa shape index (κ1) is 18.5. The van der Waals surface area contributed by atoms with Crippen LogP contribution in [0.15, 0.2) is 0 Å². The van der Waals surface area contributed by atoms with E-state index in [1.165, 1.54) is 0 Å². The molecule has 2 unspecified atom stereocenters. The molecule has 3 N–H and O–H groups in total. The molecule has 0 aromatic carbocycles. The lowest BCUT2D eigenvalue weighted by Gasteiger charge is -2.32. The standard InChI is InChI=1S/C12H21F3N2O.ClH/c1-11(2,7-16)17-10(18)8-4-3-5-9(6-8)12(13,14)15;/h8-9H,3-7,16H2,1-2H3,(H,17,18);1H. The van der Waals surface area contributed by atoms with Gasteiger partial charge in [-0.3, -0.25) is 4.79 Å². The summed E-state index contributed by atoms with van der Waals surface area (Å²) in [5.41, 5.74) is 4.92. The van der Waals surface area contributed by atoms with E-state index in [4.69, 9.17) is 5.73 Å². The summed E-state index contributed by atoms with van der Waals surface area (Å²) in [6, 6.07) is 0. The number of nitrogens with one attached hydrogen (secondary N) is 1. The van der Waals surface area contributed by atoms with E-state index in [2.05, 4.69) is 5.32 Å². The number of carbonyl (C=O) groups is 1. The lowest BCUT2D eigenvalue weighted by Crippen LogP contribution is -2.51. The lowest BCUT2D eigenvalue weighted by molar-refractivity contribution is -0.186. The van der Waals surface area contributed by atoms with Crippen LogP contribution in [-0.2, 0) is 4.79 Å². The molecule has 0 aromatic heterocycles. The number of nitrogens with two attached hydrogens (primary N) is 1. The van der Waals surface area contributed by atoms with Crippen molar-refractivity contribution in [1.29, 1.82) is 0 Å². The first-order valence-electron chi connectivity index (χ1n) is 6.24. The van der Waals surface area contributed by atoms with Gasteiger partial charge < -0.3 is 11.1 Å². The van der Waals surface area contributed by atoms with Gasteiger partial charge in [0.15, 0.2) is 0 Å². The van der Waals surface area contributed by atoms with E-state index in [1.54, 1.807) is 13.8 Å². The SMILES string of the molecule is CC(C)(CN)NC(=O)C1CCCC(C(F)(F)F)C1.Cl. The van der Waals surface area contributed by atoms with Crippen molar-refractivity contribution in [3.05, 3.63) is 0 Å². The molecule has 1 fully saturated rings. The zero-order valence-electron chi connectivity index (χ0n) is 11.2. The Labute approximate surface area is 117 Å². The number of halogens is 4. The molecule has 0 spiro atoms. The highest BCUT2D eigenvalue weighted by molar-refractivity contribution is 5.85. The Morgan fingerprint density at radius 2 is 1.89 bits per heavy atom. The second-order valence-corrected chi connectivity index (χ2v) is 5.68. The molecular formula is C12H22ClF3N2O. The average molecular weight is 303 g/mol. The Bertz CT molecular complexity index is 308. The van der Waals surface area contributed by atoms with Crippen LogP contribution in [0.2, 0.25) is 0 Å². The molecule has 1 amide bonds. The fourth-order valence-corrected chi connectivity index (χ4v) is 2.21. The maximum absolute atomic E-state index is 12.6. The van der Waals surface area contributed by atoms with E-state index in [9.17, 15) is 18.0 Å². The molecule has 0 aromatic rings. The van der Waals surface area contributed by atoms with Crippen LogP contribution in [0.25, 0.3) is 0 Å². The largest absolute Gasteiger partial charge is 0.391 e. The summed E-state index contributed by atoms with van der Waals surface area (Å²) in [6.45, 7) is 3.78. The van der Waals surface area contributed by atoms with Crippen LogP contribution in [0.3, 0.4) is 0 Å². The molecule has 0 bridgehead atoms. The molecule has 0 heterocycles. The van der Waals surface area contributed by atoms with Crippen molar-refractivity contribution >= 4 is 18.3 Å². The van der Waals surface area contributed by atoms with Gasteiger partial charge in [0.2, 0.25) is 5.91 Å². The van der Waals surface area contributed by atoms with Crippen LogP contribution >= 0.6 is 12.4 Å². The molecule has 19 heavy (non-hydrogen) atoms. The smallest absolute Gasteiger partial charge is 0.350 e. The molecule has 0 radical (unpaired) electrons. The van der Waals surface area contributed by atoms with E-state index >= 15 is 0 Å². The molecule has 1 aliphatic rings. The minimum absolute atomic E-state index is 0. The summed E-state index contributed by atoms with van der Waals surface area (Å²) in [6.07, 6.45) is -3.18. The Morgan fingerprint density at radius 3 is 2.37 bits per heavy atom. The van der Waals surface area contributed by atoms with Crippen molar-refractivity contribution in [1.82, 2.24) is 5.32 Å². The van der Waals surface area contributed by atoms with Gasteiger partial charge in [0.1, 0.15) is 0 Å². The second-order valence-electron chi connectivity index (χ2n) is 5.68. The molecule has 0 aliphatic heterocycles. The number of carbonyl (C=O) groups excluding carboxylic acids is 1. The molecule has 3 nitrogen and oxygen atoms in total. The number of rotatable bonds is 3. The van der Waals surface area contributed by atoms with Gasteiger partial charge in [0.05, 0.1) is 5.92 Å². The molecule has 1 saturated carbocycles. The van der Waals surface area contributed by atoms with E-state index in [0.29, 0.717) is 12.8 Å². The maximum atomic E-state index is 12.6. The van der Waals surface area contributed by atoms with Crippen LogP contribution in [0, 0.1) is 11.8 Å². The zero-order valence-corrected chi connectivity index (χ0v) is 12.0. The molecule has 1 aliphatic carbocycles. The van der Waals surface area contributed by atoms with Crippen molar-refractivity contribution in [3.63, 3.8) is 0 Å². The highest BCUT2D eigenvalue weighted by atomic mass is 35.5. The summed E-state index contributed by atoms with van der Waals surface area (Å²) >= 11 is 0. The summed E-state index contributed by atoms with van der Waals surface area (Å²) in [4.78, 5) is 11.9. The molecule has 7 heteroatoms. The fourth-order valence-electron chi connectivity index (χ4n) is 2.21. The van der Waals surface area contributed by atoms with Crippen molar-refractivity contribution in [2.75, 3.05) is 6.54 Å². The Balaban J connectivity index is 0.00000324. The Morgan fingerprint density at radius 1 is 1.32 bits per heavy atom. The van der Waals surface area contributed by atoms with Gasteiger partial charge in [0.25, 0.3) is 0 Å². The molecule has 0 saturated heterocycles. The van der Waals surface area contributed by atoms with Gasteiger partial charge in [-0.15, -0.1) is 12.4 Å². The predicted octanol–water partition coefficient (Wildman–Crippen LogP) is 2.63. The van der Waals surface area contributed by atoms with E-state index < -0.39 is 23.6 Å². The minimum atomic E-state index is -4.19. The first-order valence-corrected chi connectivity index (χ1v) is 6.24. The first-order chi connectivity index (χ1) is 8.15. The molecule has 1 rings (SSSR count). The van der Waals surface area contributed by atoms with Crippen molar-refractivity contribution in [2.24, 2.45) is 17.6 Å². The van der Waals surface area contributed by atoms with Crippen LogP contribution in [0.4, 0.5) is 13.2 Å². The summed E-state index contributed by atoms with van der Waals surface area (Å²) < 4.78 is 37.9. The van der Waals surface area contributed by atoms with Crippen LogP contribution < -0.4 is 11.1 Å². The topological polar surface area (TPSA) is 55.1 Å². The van der Waals surface area contributed by atoms with Gasteiger partial charge >= 0.3 is 6.18 Å². The average Bonchev–Trinajstić information content (AvgIpc) is 2.27. The third-order valence-corrected chi connectivity index (χ3v) is 3.48. The number of alkyl halides is 3. The highest BCUT2D eigenvalue weighted by Crippen LogP contribution is 2.40. The quantitative estimate of drug-likeness (QED) is 0.842. The summed E-state index contributed by atoms with van der Waals surface area (Å²) in [5, 5.41) is 2.72. The molecule has 114 valence electrons. The lowest BCUT2D eigenvalue weighted by atomic mass is 9.80. The third kappa shape index (κ3) is 5.57. The Hall–Kier alpha value is -0.490. The van der Waals surface area contributed by atoms with Crippen LogP contribution in [0.5, 0.6) is 0 Å². The number of amides is 1. The monoisotopic (exact) mass is 302 g/mol. The highest BCUT2D eigenvalue weighted by Gasteiger charge is 2.43. The van der Waals surface area contributed by atoms with E-state index in [1.807, 2.05) is 0 Å². The van der Waals surface area contributed by atoms with Crippen molar-refractivity contribution < 1.29 is 18.0 Å². The third-order valence-electron chi connectivity index (χ3n) is 3.48. The summed E-state index contributed by atoms with van der Waals surface area (Å²) in [5.74, 6) is -2.20. The molecule has 2 atom stereocenters. The van der Waals surface area contributed by atoms with Crippen LogP contribution in [-0.4, -0.2) is 24.2 Å². The molecular weight excluding hydrogens is 281 g/mol. The number of hydrogen-bond donors (Lipinski definition) is 2. The van der Waals surface area contributed by atoms with E-state index in [0.717, 1.165) is 0 Å². The van der Waals surface area contributed by atoms with E-state index in [-0.39, 0.29) is 37.7 Å². The normalized spacial score (nSPS) is 24.5. The summed E-state index contributed by atoms with van der Waals surface area (Å²) in [7, 11) is 0. The van der Waals surface area contributed by atoms with Crippen LogP contribution in [0.1, 0.15) is 39.5 Å². The second kappa shape index (κ2) is 6.79. The maximum Gasteiger partial charge on any atom is 0.391 e. The zero-order chi connectivity index (χ0) is 14.0. The van der Waals surface area contributed by atoms with Gasteiger partial charge in [0, 0.05) is 18.0 Å². The van der Waals surface area contributed by atoms with Gasteiger partial charge in [-0.05, 0) is 33.1 Å². The minimum Gasteiger partial charge on any atom is -0.350 e. The number of hydrogen-bond acceptors (Lipinski definition) is 2. The van der Waals surface area contributed by atoms with Gasteiger partial charge in [-0.25, -0.2) is 0 Å². The van der Waals surface area contributed by atoms with Gasteiger partial charge in [-0.1, -0.05) is 6.42 Å². The van der Waals surface area contributed by atoms with Gasteiger partial charge in [-0.2, -0.15) is 13.2 Å². The van der Waals surface area contributed by atoms with Crippen molar-refractivity contribution in [2.45, 2.75) is 51.2 Å². The van der Waals surface area contributed by atoms with Crippen molar-refractivity contribution in [3.8, 4) is 0 Å². The fraction of sp³-hybridized carbons (Fsp3) is 0.917. The predicted molar refractivity (Wildman–Crippen MR) is 70.0 cm³/mol.